The number of fused-ring (bicyclic) bond motifs is 1. The number of rotatable bonds is 4. The predicted octanol–water partition coefficient (Wildman–Crippen LogP) is 2.53. The number of hydrogen-bond donors (Lipinski definition) is 1. The minimum atomic E-state index is -0.232. The van der Waals surface area contributed by atoms with E-state index >= 15 is 0 Å². The van der Waals surface area contributed by atoms with E-state index in [1.165, 1.54) is 0 Å². The van der Waals surface area contributed by atoms with E-state index in [4.69, 9.17) is 4.74 Å². The third kappa shape index (κ3) is 3.34. The Labute approximate surface area is 134 Å². The topological polar surface area (TPSA) is 58.6 Å². The Bertz CT molecular complexity index is 771. The molecule has 1 heterocycles. The molecule has 5 nitrogen and oxygen atoms in total. The number of likely N-dealkylation sites (N-methyl/N-ethyl adjacent to an activating group) is 1. The number of anilines is 2. The van der Waals surface area contributed by atoms with Crippen molar-refractivity contribution in [3.05, 3.63) is 53.6 Å². The first kappa shape index (κ1) is 15.1. The molecule has 0 atom stereocenters. The Hall–Kier alpha value is -2.82. The van der Waals surface area contributed by atoms with Crippen molar-refractivity contribution in [1.29, 1.82) is 0 Å². The molecule has 0 saturated carbocycles. The van der Waals surface area contributed by atoms with Crippen molar-refractivity contribution in [1.82, 2.24) is 0 Å². The monoisotopic (exact) mass is 310 g/mol. The lowest BCUT2D eigenvalue weighted by molar-refractivity contribution is -0.118. The van der Waals surface area contributed by atoms with Gasteiger partial charge in [-0.1, -0.05) is 12.1 Å². The minimum Gasteiger partial charge on any atom is -0.484 e. The van der Waals surface area contributed by atoms with Crippen molar-refractivity contribution in [2.75, 3.05) is 23.9 Å². The van der Waals surface area contributed by atoms with Crippen LogP contribution in [0.15, 0.2) is 42.5 Å². The van der Waals surface area contributed by atoms with E-state index < -0.39 is 0 Å². The average molecular weight is 310 g/mol. The highest BCUT2D eigenvalue weighted by Crippen LogP contribution is 2.29. The average Bonchev–Trinajstić information content (AvgIpc) is 2.80. The van der Waals surface area contributed by atoms with Crippen LogP contribution < -0.4 is 15.0 Å². The van der Waals surface area contributed by atoms with Crippen molar-refractivity contribution in [2.24, 2.45) is 0 Å². The lowest BCUT2D eigenvalue weighted by Gasteiger charge is -2.11. The minimum absolute atomic E-state index is 0.0562. The van der Waals surface area contributed by atoms with Crippen LogP contribution in [0.2, 0.25) is 0 Å². The summed E-state index contributed by atoms with van der Waals surface area (Å²) in [6.45, 7) is 1.91. The Morgan fingerprint density at radius 3 is 2.87 bits per heavy atom. The number of benzene rings is 2. The molecule has 0 unspecified atom stereocenters. The Kier molecular flexibility index (Phi) is 4.02. The molecule has 1 N–H and O–H groups in total. The zero-order valence-electron chi connectivity index (χ0n) is 13.1. The molecule has 1 aliphatic rings. The number of carbonyl (C=O) groups is 2. The largest absolute Gasteiger partial charge is 0.484 e. The molecule has 0 aromatic heterocycles. The summed E-state index contributed by atoms with van der Waals surface area (Å²) in [6.07, 6.45) is 0.370. The first-order chi connectivity index (χ1) is 11.0. The normalized spacial score (nSPS) is 13.0. The number of nitrogens with one attached hydrogen (secondary N) is 1. The van der Waals surface area contributed by atoms with Gasteiger partial charge in [-0.25, -0.2) is 0 Å². The molecule has 0 bridgehead atoms. The quantitative estimate of drug-likeness (QED) is 0.944. The molecule has 118 valence electrons. The van der Waals surface area contributed by atoms with Gasteiger partial charge in [0.25, 0.3) is 5.91 Å². The first-order valence-corrected chi connectivity index (χ1v) is 7.42. The van der Waals surface area contributed by atoms with Crippen LogP contribution in [0.25, 0.3) is 0 Å². The molecule has 0 fully saturated rings. The number of aryl methyl sites for hydroxylation is 1. The molecule has 2 aromatic carbocycles. The molecule has 0 radical (unpaired) electrons. The van der Waals surface area contributed by atoms with E-state index in [-0.39, 0.29) is 18.4 Å². The van der Waals surface area contributed by atoms with Gasteiger partial charge in [0.15, 0.2) is 6.61 Å². The number of hydrogen-bond acceptors (Lipinski definition) is 3. The maximum atomic E-state index is 12.0. The van der Waals surface area contributed by atoms with Gasteiger partial charge in [-0.2, -0.15) is 0 Å². The highest BCUT2D eigenvalue weighted by molar-refractivity contribution is 6.02. The third-order valence-corrected chi connectivity index (χ3v) is 3.80. The Balaban J connectivity index is 1.60. The second kappa shape index (κ2) is 6.12. The number of nitrogens with zero attached hydrogens (tertiary/aromatic N) is 1. The van der Waals surface area contributed by atoms with E-state index in [0.717, 1.165) is 16.8 Å². The summed E-state index contributed by atoms with van der Waals surface area (Å²) in [7, 11) is 1.75. The number of carbonyl (C=O) groups excluding carboxylic acids is 2. The molecule has 1 aliphatic heterocycles. The summed E-state index contributed by atoms with van der Waals surface area (Å²) < 4.78 is 5.47. The van der Waals surface area contributed by atoms with Crippen LogP contribution in [-0.4, -0.2) is 25.5 Å². The van der Waals surface area contributed by atoms with Crippen LogP contribution >= 0.6 is 0 Å². The van der Waals surface area contributed by atoms with Crippen molar-refractivity contribution in [2.45, 2.75) is 13.3 Å². The summed E-state index contributed by atoms with van der Waals surface area (Å²) in [5, 5.41) is 2.79. The molecule has 2 aromatic rings. The molecule has 3 rings (SSSR count). The van der Waals surface area contributed by atoms with Gasteiger partial charge in [-0.05, 0) is 48.4 Å². The fraction of sp³-hybridized carbons (Fsp3) is 0.222. The van der Waals surface area contributed by atoms with Crippen molar-refractivity contribution in [3.8, 4) is 5.75 Å². The number of amides is 2. The van der Waals surface area contributed by atoms with Gasteiger partial charge in [-0.3, -0.25) is 9.59 Å². The molecule has 23 heavy (non-hydrogen) atoms. The van der Waals surface area contributed by atoms with E-state index in [0.29, 0.717) is 17.9 Å². The van der Waals surface area contributed by atoms with Gasteiger partial charge in [0, 0.05) is 18.4 Å². The van der Waals surface area contributed by atoms with Crippen LogP contribution in [0.4, 0.5) is 11.4 Å². The van der Waals surface area contributed by atoms with Crippen LogP contribution in [0, 0.1) is 6.92 Å². The third-order valence-electron chi connectivity index (χ3n) is 3.80. The smallest absolute Gasteiger partial charge is 0.262 e. The van der Waals surface area contributed by atoms with Gasteiger partial charge in [0.2, 0.25) is 5.91 Å². The van der Waals surface area contributed by atoms with Crippen molar-refractivity contribution in [3.63, 3.8) is 0 Å². The summed E-state index contributed by atoms with van der Waals surface area (Å²) in [6, 6.07) is 13.0. The molecule has 2 amide bonds. The maximum absolute atomic E-state index is 12.0. The van der Waals surface area contributed by atoms with Crippen LogP contribution in [-0.2, 0) is 16.0 Å². The highest BCUT2D eigenvalue weighted by atomic mass is 16.5. The second-order valence-corrected chi connectivity index (χ2v) is 5.63. The maximum Gasteiger partial charge on any atom is 0.262 e. The zero-order chi connectivity index (χ0) is 16.4. The fourth-order valence-electron chi connectivity index (χ4n) is 2.60. The standard InChI is InChI=1S/C18H18N2O3/c1-12-4-3-5-15(8-12)23-11-17(21)19-14-6-7-16-13(9-14)10-18(22)20(16)2/h3-9H,10-11H2,1-2H3,(H,19,21). The first-order valence-electron chi connectivity index (χ1n) is 7.42. The van der Waals surface area contributed by atoms with Gasteiger partial charge < -0.3 is 15.0 Å². The summed E-state index contributed by atoms with van der Waals surface area (Å²) in [5.74, 6) is 0.497. The predicted molar refractivity (Wildman–Crippen MR) is 88.9 cm³/mol. The van der Waals surface area contributed by atoms with E-state index in [1.807, 2.05) is 43.3 Å². The SMILES string of the molecule is Cc1cccc(OCC(=O)Nc2ccc3c(c2)CC(=O)N3C)c1. The summed E-state index contributed by atoms with van der Waals surface area (Å²) in [4.78, 5) is 25.3. The summed E-state index contributed by atoms with van der Waals surface area (Å²) in [5.41, 5.74) is 3.57. The molecule has 0 aliphatic carbocycles. The number of ether oxygens (including phenoxy) is 1. The zero-order valence-corrected chi connectivity index (χ0v) is 13.1. The summed E-state index contributed by atoms with van der Waals surface area (Å²) >= 11 is 0. The molecule has 5 heteroatoms. The second-order valence-electron chi connectivity index (χ2n) is 5.63. The van der Waals surface area contributed by atoms with E-state index in [2.05, 4.69) is 5.32 Å². The Morgan fingerprint density at radius 2 is 2.09 bits per heavy atom. The van der Waals surface area contributed by atoms with Crippen molar-refractivity contribution >= 4 is 23.2 Å². The van der Waals surface area contributed by atoms with Gasteiger partial charge >= 0.3 is 0 Å². The molecular formula is C18H18N2O3. The fourth-order valence-corrected chi connectivity index (χ4v) is 2.60. The Morgan fingerprint density at radius 1 is 1.26 bits per heavy atom. The van der Waals surface area contributed by atoms with Gasteiger partial charge in [0.05, 0.1) is 6.42 Å². The van der Waals surface area contributed by atoms with Gasteiger partial charge in [0.1, 0.15) is 5.75 Å². The van der Waals surface area contributed by atoms with E-state index in [9.17, 15) is 9.59 Å². The van der Waals surface area contributed by atoms with Crippen LogP contribution in [0.1, 0.15) is 11.1 Å². The lowest BCUT2D eigenvalue weighted by atomic mass is 10.1. The van der Waals surface area contributed by atoms with Crippen LogP contribution in [0.5, 0.6) is 5.75 Å². The molecule has 0 saturated heterocycles. The van der Waals surface area contributed by atoms with Gasteiger partial charge in [-0.15, -0.1) is 0 Å². The van der Waals surface area contributed by atoms with E-state index in [1.54, 1.807) is 18.0 Å². The van der Waals surface area contributed by atoms with Crippen LogP contribution in [0.3, 0.4) is 0 Å². The highest BCUT2D eigenvalue weighted by Gasteiger charge is 2.24. The lowest BCUT2D eigenvalue weighted by Crippen LogP contribution is -2.20. The molecule has 0 spiro atoms. The van der Waals surface area contributed by atoms with Crippen molar-refractivity contribution < 1.29 is 14.3 Å². The molecular weight excluding hydrogens is 292 g/mol.